The lowest BCUT2D eigenvalue weighted by molar-refractivity contribution is 0.111. The fourth-order valence-electron chi connectivity index (χ4n) is 5.14. The zero-order valence-corrected chi connectivity index (χ0v) is 24.9. The third-order valence-corrected chi connectivity index (χ3v) is 8.49. The minimum Gasteiger partial charge on any atom is -0.489 e. The van der Waals surface area contributed by atoms with Crippen LogP contribution in [0, 0.1) is 32.6 Å². The predicted molar refractivity (Wildman–Crippen MR) is 150 cm³/mol. The molecule has 1 aromatic carbocycles. The van der Waals surface area contributed by atoms with Crippen molar-refractivity contribution in [1.29, 1.82) is 0 Å². The molecule has 3 unspecified atom stereocenters. The van der Waals surface area contributed by atoms with Gasteiger partial charge < -0.3 is 19.3 Å². The number of unbranched alkanes of at least 4 members (excludes halogenated alkanes) is 1. The number of rotatable bonds is 14. The standard InChI is InChI=1S/C30H51O5P/c1-9-10-16-26(20-36(31,32)33)34-28-23(5)24(6)29-27(25(28)7)17-19-30(8,35-29)18-12-15-22(4)14-11-13-21(2)3/h12,18,21-22,26H,9-11,13-17,19-20H2,1-8H3,(H2,31,32,33)/b18-12+. The van der Waals surface area contributed by atoms with Crippen molar-refractivity contribution in [3.05, 3.63) is 34.4 Å². The Morgan fingerprint density at radius 1 is 1.06 bits per heavy atom. The highest BCUT2D eigenvalue weighted by Gasteiger charge is 2.34. The van der Waals surface area contributed by atoms with Crippen LogP contribution in [-0.4, -0.2) is 27.7 Å². The highest BCUT2D eigenvalue weighted by atomic mass is 31.2. The molecule has 0 fully saturated rings. The second-order valence-corrected chi connectivity index (χ2v) is 13.4. The van der Waals surface area contributed by atoms with E-state index in [1.165, 1.54) is 19.3 Å². The summed E-state index contributed by atoms with van der Waals surface area (Å²) in [4.78, 5) is 19.2. The largest absolute Gasteiger partial charge is 0.489 e. The quantitative estimate of drug-likeness (QED) is 0.190. The zero-order valence-electron chi connectivity index (χ0n) is 24.0. The van der Waals surface area contributed by atoms with Crippen molar-refractivity contribution in [1.82, 2.24) is 0 Å². The highest BCUT2D eigenvalue weighted by Crippen LogP contribution is 2.45. The normalized spacial score (nSPS) is 19.9. The van der Waals surface area contributed by atoms with Crippen LogP contribution >= 0.6 is 7.60 Å². The van der Waals surface area contributed by atoms with Crippen molar-refractivity contribution >= 4 is 7.60 Å². The number of ether oxygens (including phenoxy) is 2. The summed E-state index contributed by atoms with van der Waals surface area (Å²) < 4.78 is 24.7. The Labute approximate surface area is 220 Å². The first kappa shape index (κ1) is 30.9. The van der Waals surface area contributed by atoms with Gasteiger partial charge >= 0.3 is 7.60 Å². The molecule has 2 rings (SSSR count). The Morgan fingerprint density at radius 2 is 1.75 bits per heavy atom. The first-order chi connectivity index (χ1) is 16.8. The number of fused-ring (bicyclic) bond motifs is 1. The first-order valence-corrected chi connectivity index (χ1v) is 15.8. The van der Waals surface area contributed by atoms with Crippen LogP contribution in [-0.2, 0) is 11.0 Å². The van der Waals surface area contributed by atoms with Gasteiger partial charge in [0.2, 0.25) is 0 Å². The van der Waals surface area contributed by atoms with E-state index in [1.54, 1.807) is 0 Å². The molecule has 1 heterocycles. The molecule has 1 aliphatic heterocycles. The summed E-state index contributed by atoms with van der Waals surface area (Å²) in [6.45, 7) is 17.3. The second-order valence-electron chi connectivity index (χ2n) is 11.7. The lowest BCUT2D eigenvalue weighted by Crippen LogP contribution is -2.35. The van der Waals surface area contributed by atoms with Crippen LogP contribution in [0.4, 0.5) is 0 Å². The van der Waals surface area contributed by atoms with E-state index in [9.17, 15) is 14.4 Å². The molecular weight excluding hydrogens is 471 g/mol. The van der Waals surface area contributed by atoms with E-state index in [1.807, 2.05) is 6.92 Å². The van der Waals surface area contributed by atoms with Gasteiger partial charge in [0.25, 0.3) is 0 Å². The summed E-state index contributed by atoms with van der Waals surface area (Å²) >= 11 is 0. The van der Waals surface area contributed by atoms with Crippen molar-refractivity contribution in [3.8, 4) is 11.5 Å². The van der Waals surface area contributed by atoms with Gasteiger partial charge in [-0.1, -0.05) is 65.9 Å². The molecule has 1 aromatic rings. The van der Waals surface area contributed by atoms with Gasteiger partial charge in [-0.25, -0.2) is 0 Å². The van der Waals surface area contributed by atoms with Crippen LogP contribution in [0.2, 0.25) is 0 Å². The topological polar surface area (TPSA) is 76.0 Å². The van der Waals surface area contributed by atoms with Crippen LogP contribution in [0.1, 0.15) is 108 Å². The number of hydrogen-bond acceptors (Lipinski definition) is 3. The predicted octanol–water partition coefficient (Wildman–Crippen LogP) is 8.22. The third-order valence-electron chi connectivity index (χ3n) is 7.61. The number of allylic oxidation sites excluding steroid dienone is 1. The molecule has 0 radical (unpaired) electrons. The molecule has 0 saturated carbocycles. The SMILES string of the molecule is CCCCC(CP(=O)(O)O)Oc1c(C)c(C)c2c(c1C)CCC(C)(/C=C/CC(C)CCCC(C)C)O2. The molecule has 5 nitrogen and oxygen atoms in total. The summed E-state index contributed by atoms with van der Waals surface area (Å²) in [7, 11) is -4.17. The van der Waals surface area contributed by atoms with Crippen molar-refractivity contribution < 1.29 is 23.8 Å². The molecule has 0 aromatic heterocycles. The maximum Gasteiger partial charge on any atom is 0.329 e. The van der Waals surface area contributed by atoms with Crippen LogP contribution < -0.4 is 9.47 Å². The fraction of sp³-hybridized carbons (Fsp3) is 0.733. The van der Waals surface area contributed by atoms with E-state index in [0.29, 0.717) is 12.3 Å². The Hall–Kier alpha value is -1.29. The molecule has 206 valence electrons. The zero-order chi connectivity index (χ0) is 27.1. The van der Waals surface area contributed by atoms with Crippen molar-refractivity contribution in [2.45, 2.75) is 125 Å². The van der Waals surface area contributed by atoms with Gasteiger partial charge in [-0.05, 0) is 88.0 Å². The Kier molecular flexibility index (Phi) is 11.6. The minimum atomic E-state index is -4.17. The van der Waals surface area contributed by atoms with Gasteiger partial charge in [-0.3, -0.25) is 4.57 Å². The summed E-state index contributed by atoms with van der Waals surface area (Å²) in [6.07, 6.45) is 13.0. The van der Waals surface area contributed by atoms with Gasteiger partial charge in [-0.15, -0.1) is 0 Å². The smallest absolute Gasteiger partial charge is 0.329 e. The lowest BCUT2D eigenvalue weighted by Gasteiger charge is -2.37. The van der Waals surface area contributed by atoms with Gasteiger partial charge in [0.15, 0.2) is 0 Å². The van der Waals surface area contributed by atoms with Crippen LogP contribution in [0.3, 0.4) is 0 Å². The summed E-state index contributed by atoms with van der Waals surface area (Å²) in [5.74, 6) is 3.16. The minimum absolute atomic E-state index is 0.253. The van der Waals surface area contributed by atoms with Crippen molar-refractivity contribution in [2.24, 2.45) is 11.8 Å². The molecule has 0 amide bonds. The average Bonchev–Trinajstić information content (AvgIpc) is 2.77. The second kappa shape index (κ2) is 13.5. The molecule has 0 aliphatic carbocycles. The molecule has 2 N–H and O–H groups in total. The van der Waals surface area contributed by atoms with Crippen LogP contribution in [0.15, 0.2) is 12.2 Å². The third kappa shape index (κ3) is 9.23. The Morgan fingerprint density at radius 3 is 2.36 bits per heavy atom. The van der Waals surface area contributed by atoms with Gasteiger partial charge in [-0.2, -0.15) is 0 Å². The molecule has 1 aliphatic rings. The van der Waals surface area contributed by atoms with E-state index >= 15 is 0 Å². The van der Waals surface area contributed by atoms with Crippen LogP contribution in [0.25, 0.3) is 0 Å². The maximum atomic E-state index is 11.7. The van der Waals surface area contributed by atoms with Crippen molar-refractivity contribution in [3.63, 3.8) is 0 Å². The number of benzene rings is 1. The molecule has 0 bridgehead atoms. The van der Waals surface area contributed by atoms with E-state index in [-0.39, 0.29) is 11.8 Å². The van der Waals surface area contributed by atoms with Crippen molar-refractivity contribution in [2.75, 3.05) is 6.16 Å². The number of hydrogen-bond donors (Lipinski definition) is 2. The van der Waals surface area contributed by atoms with E-state index in [2.05, 4.69) is 60.6 Å². The summed E-state index contributed by atoms with van der Waals surface area (Å²) in [6, 6.07) is 0. The van der Waals surface area contributed by atoms with Crippen LogP contribution in [0.5, 0.6) is 11.5 Å². The van der Waals surface area contributed by atoms with Gasteiger partial charge in [0, 0.05) is 5.56 Å². The average molecular weight is 523 g/mol. The Balaban J connectivity index is 2.18. The molecule has 0 saturated heterocycles. The monoisotopic (exact) mass is 522 g/mol. The van der Waals surface area contributed by atoms with E-state index in [0.717, 1.165) is 71.8 Å². The summed E-state index contributed by atoms with van der Waals surface area (Å²) in [5, 5.41) is 0. The molecule has 0 spiro atoms. The molecule has 36 heavy (non-hydrogen) atoms. The first-order valence-electron chi connectivity index (χ1n) is 14.0. The van der Waals surface area contributed by atoms with E-state index < -0.39 is 13.7 Å². The lowest BCUT2D eigenvalue weighted by atomic mass is 9.86. The van der Waals surface area contributed by atoms with Gasteiger partial charge in [0.05, 0.1) is 6.16 Å². The maximum absolute atomic E-state index is 11.7. The van der Waals surface area contributed by atoms with Gasteiger partial charge in [0.1, 0.15) is 23.2 Å². The molecular formula is C30H51O5P. The highest BCUT2D eigenvalue weighted by molar-refractivity contribution is 7.51. The molecule has 3 atom stereocenters. The Bertz CT molecular complexity index is 932. The summed E-state index contributed by atoms with van der Waals surface area (Å²) in [5.41, 5.74) is 3.90. The fourth-order valence-corrected chi connectivity index (χ4v) is 5.93. The molecule has 6 heteroatoms. The van der Waals surface area contributed by atoms with E-state index in [4.69, 9.17) is 9.47 Å².